The van der Waals surface area contributed by atoms with Crippen molar-refractivity contribution in [1.82, 2.24) is 10.2 Å². The number of unbranched alkanes of at least 4 members (excludes halogenated alkanes) is 2. The van der Waals surface area contributed by atoms with E-state index in [9.17, 15) is 0 Å². The zero-order chi connectivity index (χ0) is 10.4. The number of aromatic nitrogens is 2. The minimum Gasteiger partial charge on any atom is -0.144 e. The Balaban J connectivity index is 2.42. The predicted molar refractivity (Wildman–Crippen MR) is 65.1 cm³/mol. The lowest BCUT2D eigenvalue weighted by molar-refractivity contribution is 0.709. The van der Waals surface area contributed by atoms with Gasteiger partial charge in [0.1, 0.15) is 10.0 Å². The van der Waals surface area contributed by atoms with E-state index in [1.807, 2.05) is 0 Å². The van der Waals surface area contributed by atoms with Crippen molar-refractivity contribution >= 4 is 27.3 Å². The normalized spacial score (nSPS) is 13.1. The van der Waals surface area contributed by atoms with Crippen LogP contribution in [0.3, 0.4) is 0 Å². The minimum absolute atomic E-state index is 0.389. The number of hydrogen-bond donors (Lipinski definition) is 0. The summed E-state index contributed by atoms with van der Waals surface area (Å²) in [5.41, 5.74) is 0. The van der Waals surface area contributed by atoms with Crippen molar-refractivity contribution < 1.29 is 0 Å². The predicted octanol–water partition coefficient (Wildman–Crippen LogP) is 4.12. The van der Waals surface area contributed by atoms with Crippen LogP contribution in [0, 0.1) is 0 Å². The summed E-state index contributed by atoms with van der Waals surface area (Å²) in [5.74, 6) is 0. The Morgan fingerprint density at radius 2 is 2.07 bits per heavy atom. The third kappa shape index (κ3) is 3.65. The first kappa shape index (κ1) is 12.1. The van der Waals surface area contributed by atoms with Crippen LogP contribution in [-0.4, -0.2) is 10.2 Å². The molecule has 14 heavy (non-hydrogen) atoms. The molecule has 0 saturated carbocycles. The van der Waals surface area contributed by atoms with Gasteiger partial charge in [0, 0.05) is 6.42 Å². The van der Waals surface area contributed by atoms with Gasteiger partial charge in [-0.2, -0.15) is 0 Å². The standard InChI is InChI=1S/C10H17BrN2S/c1-3-5-6-7-9-12-13-10(14-9)8(11)4-2/h8H,3-7H2,1-2H3. The van der Waals surface area contributed by atoms with Gasteiger partial charge in [0.05, 0.1) is 4.83 Å². The van der Waals surface area contributed by atoms with E-state index in [4.69, 9.17) is 0 Å². The van der Waals surface area contributed by atoms with Gasteiger partial charge in [0.25, 0.3) is 0 Å². The van der Waals surface area contributed by atoms with Crippen molar-refractivity contribution in [3.05, 3.63) is 10.0 Å². The molecule has 1 unspecified atom stereocenters. The van der Waals surface area contributed by atoms with Crippen LogP contribution in [0.5, 0.6) is 0 Å². The highest BCUT2D eigenvalue weighted by Crippen LogP contribution is 2.28. The molecule has 0 spiro atoms. The highest BCUT2D eigenvalue weighted by atomic mass is 79.9. The molecule has 0 aromatic carbocycles. The van der Waals surface area contributed by atoms with Crippen LogP contribution in [0.25, 0.3) is 0 Å². The van der Waals surface area contributed by atoms with Crippen molar-refractivity contribution in [2.75, 3.05) is 0 Å². The molecular weight excluding hydrogens is 260 g/mol. The third-order valence-corrected chi connectivity index (χ3v) is 4.58. The van der Waals surface area contributed by atoms with E-state index in [-0.39, 0.29) is 0 Å². The summed E-state index contributed by atoms with van der Waals surface area (Å²) in [6.07, 6.45) is 5.96. The molecule has 0 saturated heterocycles. The molecular formula is C10H17BrN2S. The summed E-state index contributed by atoms with van der Waals surface area (Å²) in [4.78, 5) is 0.389. The van der Waals surface area contributed by atoms with Crippen molar-refractivity contribution in [1.29, 1.82) is 0 Å². The van der Waals surface area contributed by atoms with Gasteiger partial charge in [-0.3, -0.25) is 0 Å². The Morgan fingerprint density at radius 3 is 2.71 bits per heavy atom. The molecule has 0 aliphatic carbocycles. The maximum absolute atomic E-state index is 4.20. The molecule has 0 aliphatic heterocycles. The van der Waals surface area contributed by atoms with Crippen molar-refractivity contribution in [2.45, 2.75) is 50.8 Å². The maximum atomic E-state index is 4.20. The summed E-state index contributed by atoms with van der Waals surface area (Å²) >= 11 is 5.33. The first-order valence-corrected chi connectivity index (χ1v) is 6.97. The van der Waals surface area contributed by atoms with Crippen LogP contribution >= 0.6 is 27.3 Å². The lowest BCUT2D eigenvalue weighted by Crippen LogP contribution is -1.85. The number of nitrogens with zero attached hydrogens (tertiary/aromatic N) is 2. The van der Waals surface area contributed by atoms with E-state index >= 15 is 0 Å². The molecule has 2 nitrogen and oxygen atoms in total. The van der Waals surface area contributed by atoms with Crippen LogP contribution in [-0.2, 0) is 6.42 Å². The molecule has 0 fully saturated rings. The van der Waals surface area contributed by atoms with Gasteiger partial charge < -0.3 is 0 Å². The van der Waals surface area contributed by atoms with Crippen LogP contribution in [0.4, 0.5) is 0 Å². The van der Waals surface area contributed by atoms with E-state index < -0.39 is 0 Å². The monoisotopic (exact) mass is 276 g/mol. The SMILES string of the molecule is CCCCCc1nnc(C(Br)CC)s1. The van der Waals surface area contributed by atoms with E-state index in [1.54, 1.807) is 11.3 Å². The molecule has 1 rings (SSSR count). The van der Waals surface area contributed by atoms with E-state index in [0.717, 1.165) is 17.8 Å². The molecule has 0 aliphatic rings. The number of rotatable bonds is 6. The maximum Gasteiger partial charge on any atom is 0.131 e. The Hall–Kier alpha value is 0.0400. The summed E-state index contributed by atoms with van der Waals surface area (Å²) < 4.78 is 0. The van der Waals surface area contributed by atoms with Crippen LogP contribution in [0.15, 0.2) is 0 Å². The van der Waals surface area contributed by atoms with Gasteiger partial charge in [-0.1, -0.05) is 42.6 Å². The van der Waals surface area contributed by atoms with Gasteiger partial charge in [-0.05, 0) is 12.8 Å². The molecule has 0 bridgehead atoms. The molecule has 0 radical (unpaired) electrons. The first-order valence-electron chi connectivity index (χ1n) is 5.24. The topological polar surface area (TPSA) is 25.8 Å². The summed E-state index contributed by atoms with van der Waals surface area (Å²) in [6.45, 7) is 4.37. The molecule has 1 aromatic heterocycles. The molecule has 1 atom stereocenters. The second-order valence-electron chi connectivity index (χ2n) is 3.37. The van der Waals surface area contributed by atoms with Crippen LogP contribution in [0.2, 0.25) is 0 Å². The van der Waals surface area contributed by atoms with E-state index in [1.165, 1.54) is 24.3 Å². The second-order valence-corrected chi connectivity index (χ2v) is 5.57. The van der Waals surface area contributed by atoms with Crippen LogP contribution in [0.1, 0.15) is 54.4 Å². The largest absolute Gasteiger partial charge is 0.144 e. The number of alkyl halides is 1. The van der Waals surface area contributed by atoms with Crippen LogP contribution < -0.4 is 0 Å². The van der Waals surface area contributed by atoms with Gasteiger partial charge in [0.2, 0.25) is 0 Å². The summed E-state index contributed by atoms with van der Waals surface area (Å²) in [6, 6.07) is 0. The van der Waals surface area contributed by atoms with Crippen molar-refractivity contribution in [3.63, 3.8) is 0 Å². The Bertz CT molecular complexity index is 262. The average Bonchev–Trinajstić information content (AvgIpc) is 2.66. The summed E-state index contributed by atoms with van der Waals surface area (Å²) in [7, 11) is 0. The fraction of sp³-hybridized carbons (Fsp3) is 0.800. The second kappa shape index (κ2) is 6.51. The molecule has 0 amide bonds. The molecule has 0 N–H and O–H groups in total. The zero-order valence-electron chi connectivity index (χ0n) is 8.79. The highest BCUT2D eigenvalue weighted by molar-refractivity contribution is 9.09. The Labute approximate surface area is 98.3 Å². The number of halogens is 1. The zero-order valence-corrected chi connectivity index (χ0v) is 11.2. The molecule has 1 heterocycles. The van der Waals surface area contributed by atoms with Gasteiger partial charge in [-0.25, -0.2) is 0 Å². The Kier molecular flexibility index (Phi) is 5.63. The van der Waals surface area contributed by atoms with E-state index in [0.29, 0.717) is 4.83 Å². The van der Waals surface area contributed by atoms with Gasteiger partial charge in [0.15, 0.2) is 0 Å². The first-order chi connectivity index (χ1) is 6.77. The highest BCUT2D eigenvalue weighted by Gasteiger charge is 2.10. The molecule has 4 heteroatoms. The van der Waals surface area contributed by atoms with E-state index in [2.05, 4.69) is 40.0 Å². The number of hydrogen-bond acceptors (Lipinski definition) is 3. The van der Waals surface area contributed by atoms with Gasteiger partial charge >= 0.3 is 0 Å². The third-order valence-electron chi connectivity index (χ3n) is 2.10. The fourth-order valence-electron chi connectivity index (χ4n) is 1.20. The summed E-state index contributed by atoms with van der Waals surface area (Å²) in [5, 5.41) is 10.7. The van der Waals surface area contributed by atoms with Crippen molar-refractivity contribution in [2.24, 2.45) is 0 Å². The average molecular weight is 277 g/mol. The van der Waals surface area contributed by atoms with Gasteiger partial charge in [-0.15, -0.1) is 21.5 Å². The lowest BCUT2D eigenvalue weighted by atomic mass is 10.2. The fourth-order valence-corrected chi connectivity index (χ4v) is 2.51. The Morgan fingerprint density at radius 1 is 1.29 bits per heavy atom. The molecule has 80 valence electrons. The molecule has 1 aromatic rings. The lowest BCUT2D eigenvalue weighted by Gasteiger charge is -1.98. The smallest absolute Gasteiger partial charge is 0.131 e. The quantitative estimate of drug-likeness (QED) is 0.577. The van der Waals surface area contributed by atoms with Crippen molar-refractivity contribution in [3.8, 4) is 0 Å². The number of aryl methyl sites for hydroxylation is 1. The minimum atomic E-state index is 0.389.